The lowest BCUT2D eigenvalue weighted by Crippen LogP contribution is -2.36. The summed E-state index contributed by atoms with van der Waals surface area (Å²) in [5.74, 6) is -1.13. The largest absolute Gasteiger partial charge is 0.352 e. The molecular formula is C23H23FN4O3. The molecule has 0 aliphatic carbocycles. The Morgan fingerprint density at radius 1 is 1.16 bits per heavy atom. The van der Waals surface area contributed by atoms with Crippen molar-refractivity contribution in [2.24, 2.45) is 7.05 Å². The van der Waals surface area contributed by atoms with Crippen molar-refractivity contribution >= 4 is 28.7 Å². The lowest BCUT2D eigenvalue weighted by molar-refractivity contribution is -0.130. The van der Waals surface area contributed by atoms with Crippen molar-refractivity contribution in [2.45, 2.75) is 25.4 Å². The SMILES string of the molecule is Cn1cc(CNC(=O)CC2NC(=O)N(CCc3cccc(F)c3)C2=O)c2ccccc21. The molecule has 0 spiro atoms. The highest BCUT2D eigenvalue weighted by atomic mass is 19.1. The number of carbonyl (C=O) groups excluding carboxylic acids is 3. The molecule has 1 aliphatic rings. The van der Waals surface area contributed by atoms with E-state index in [2.05, 4.69) is 10.6 Å². The van der Waals surface area contributed by atoms with Crippen molar-refractivity contribution in [1.82, 2.24) is 20.1 Å². The number of rotatable bonds is 7. The molecule has 1 fully saturated rings. The normalized spacial score (nSPS) is 16.1. The minimum Gasteiger partial charge on any atom is -0.352 e. The van der Waals surface area contributed by atoms with Crippen molar-refractivity contribution < 1.29 is 18.8 Å². The van der Waals surface area contributed by atoms with E-state index >= 15 is 0 Å². The molecule has 1 unspecified atom stereocenters. The van der Waals surface area contributed by atoms with Crippen molar-refractivity contribution in [3.05, 3.63) is 71.7 Å². The maximum Gasteiger partial charge on any atom is 0.324 e. The van der Waals surface area contributed by atoms with Crippen LogP contribution in [-0.4, -0.2) is 39.9 Å². The average molecular weight is 422 g/mol. The van der Waals surface area contributed by atoms with Gasteiger partial charge in [-0.1, -0.05) is 30.3 Å². The Morgan fingerprint density at radius 3 is 2.77 bits per heavy atom. The van der Waals surface area contributed by atoms with Gasteiger partial charge in [-0.2, -0.15) is 0 Å². The monoisotopic (exact) mass is 422 g/mol. The Morgan fingerprint density at radius 2 is 1.97 bits per heavy atom. The first-order valence-electron chi connectivity index (χ1n) is 10.1. The number of benzene rings is 2. The zero-order valence-electron chi connectivity index (χ0n) is 17.1. The van der Waals surface area contributed by atoms with Crippen LogP contribution in [0, 0.1) is 5.82 Å². The van der Waals surface area contributed by atoms with Gasteiger partial charge in [-0.25, -0.2) is 9.18 Å². The van der Waals surface area contributed by atoms with Gasteiger partial charge in [-0.3, -0.25) is 14.5 Å². The topological polar surface area (TPSA) is 83.4 Å². The molecule has 4 rings (SSSR count). The number of nitrogens with zero attached hydrogens (tertiary/aromatic N) is 2. The molecule has 2 N–H and O–H groups in total. The van der Waals surface area contributed by atoms with Crippen LogP contribution < -0.4 is 10.6 Å². The second-order valence-corrected chi connectivity index (χ2v) is 7.64. The number of aromatic nitrogens is 1. The fourth-order valence-corrected chi connectivity index (χ4v) is 3.88. The number of hydrogen-bond donors (Lipinski definition) is 2. The number of urea groups is 1. The Bertz CT molecular complexity index is 1160. The summed E-state index contributed by atoms with van der Waals surface area (Å²) >= 11 is 0. The van der Waals surface area contributed by atoms with Crippen LogP contribution >= 0.6 is 0 Å². The standard InChI is InChI=1S/C23H23FN4O3/c1-27-14-16(18-7-2-3-8-20(18)27)13-25-21(29)12-19-22(30)28(23(31)26-19)10-9-15-5-4-6-17(24)11-15/h2-8,11,14,19H,9-10,12-13H2,1H3,(H,25,29)(H,26,31). The zero-order chi connectivity index (χ0) is 22.0. The van der Waals surface area contributed by atoms with E-state index in [4.69, 9.17) is 0 Å². The Labute approximate surface area is 178 Å². The van der Waals surface area contributed by atoms with Gasteiger partial charge in [0.2, 0.25) is 5.91 Å². The van der Waals surface area contributed by atoms with Gasteiger partial charge in [0.25, 0.3) is 5.91 Å². The van der Waals surface area contributed by atoms with Crippen LogP contribution in [-0.2, 0) is 29.6 Å². The third kappa shape index (κ3) is 4.42. The van der Waals surface area contributed by atoms with Gasteiger partial charge in [0.05, 0.1) is 6.42 Å². The second kappa shape index (κ2) is 8.59. The van der Waals surface area contributed by atoms with Gasteiger partial charge in [-0.15, -0.1) is 0 Å². The van der Waals surface area contributed by atoms with Crippen LogP contribution in [0.5, 0.6) is 0 Å². The second-order valence-electron chi connectivity index (χ2n) is 7.64. The molecule has 1 aliphatic heterocycles. The van der Waals surface area contributed by atoms with Crippen LogP contribution in [0.4, 0.5) is 9.18 Å². The molecule has 1 aromatic heterocycles. The first-order chi connectivity index (χ1) is 14.9. The Balaban J connectivity index is 1.32. The summed E-state index contributed by atoms with van der Waals surface area (Å²) in [5, 5.41) is 6.45. The third-order valence-corrected chi connectivity index (χ3v) is 5.47. The van der Waals surface area contributed by atoms with E-state index in [9.17, 15) is 18.8 Å². The smallest absolute Gasteiger partial charge is 0.324 e. The van der Waals surface area contributed by atoms with Crippen LogP contribution in [0.15, 0.2) is 54.7 Å². The number of carbonyl (C=O) groups is 3. The molecule has 2 aromatic carbocycles. The van der Waals surface area contributed by atoms with E-state index in [1.54, 1.807) is 12.1 Å². The van der Waals surface area contributed by atoms with Crippen LogP contribution in [0.2, 0.25) is 0 Å². The van der Waals surface area contributed by atoms with Gasteiger partial charge in [0, 0.05) is 37.2 Å². The lowest BCUT2D eigenvalue weighted by atomic mass is 10.1. The Kier molecular flexibility index (Phi) is 5.70. The van der Waals surface area contributed by atoms with Crippen molar-refractivity contribution in [1.29, 1.82) is 0 Å². The molecule has 8 heteroatoms. The summed E-state index contributed by atoms with van der Waals surface area (Å²) in [5.41, 5.74) is 2.74. The summed E-state index contributed by atoms with van der Waals surface area (Å²) in [6, 6.07) is 12.5. The summed E-state index contributed by atoms with van der Waals surface area (Å²) in [6.07, 6.45) is 2.17. The highest BCUT2D eigenvalue weighted by Gasteiger charge is 2.38. The number of hydrogen-bond acceptors (Lipinski definition) is 3. The highest BCUT2D eigenvalue weighted by molar-refractivity contribution is 6.05. The van der Waals surface area contributed by atoms with E-state index in [0.29, 0.717) is 18.5 Å². The molecule has 1 saturated heterocycles. The number of halogens is 1. The number of amides is 4. The number of nitrogens with one attached hydrogen (secondary N) is 2. The van der Waals surface area contributed by atoms with Gasteiger partial charge in [0.15, 0.2) is 0 Å². The van der Waals surface area contributed by atoms with E-state index in [-0.39, 0.29) is 24.7 Å². The first-order valence-corrected chi connectivity index (χ1v) is 10.1. The van der Waals surface area contributed by atoms with Crippen molar-refractivity contribution in [3.63, 3.8) is 0 Å². The molecule has 31 heavy (non-hydrogen) atoms. The van der Waals surface area contributed by atoms with Gasteiger partial charge in [0.1, 0.15) is 11.9 Å². The molecule has 0 saturated carbocycles. The van der Waals surface area contributed by atoms with Crippen molar-refractivity contribution in [3.8, 4) is 0 Å². The minimum atomic E-state index is -0.896. The van der Waals surface area contributed by atoms with E-state index in [1.165, 1.54) is 12.1 Å². The molecule has 0 radical (unpaired) electrons. The number of para-hydroxylation sites is 1. The molecule has 1 atom stereocenters. The fourth-order valence-electron chi connectivity index (χ4n) is 3.88. The van der Waals surface area contributed by atoms with E-state index in [1.807, 2.05) is 42.1 Å². The molecule has 0 bridgehead atoms. The molecule has 160 valence electrons. The highest BCUT2D eigenvalue weighted by Crippen LogP contribution is 2.20. The molecular weight excluding hydrogens is 399 g/mol. The predicted octanol–water partition coefficient (Wildman–Crippen LogP) is 2.49. The molecule has 4 amide bonds. The van der Waals surface area contributed by atoms with Gasteiger partial charge >= 0.3 is 6.03 Å². The molecule has 2 heterocycles. The number of imide groups is 1. The maximum atomic E-state index is 13.3. The van der Waals surface area contributed by atoms with Crippen LogP contribution in [0.1, 0.15) is 17.5 Å². The number of fused-ring (bicyclic) bond motifs is 1. The quantitative estimate of drug-likeness (QED) is 0.574. The minimum absolute atomic E-state index is 0.127. The summed E-state index contributed by atoms with van der Waals surface area (Å²) in [4.78, 5) is 38.2. The fraction of sp³-hybridized carbons (Fsp3) is 0.261. The van der Waals surface area contributed by atoms with Crippen LogP contribution in [0.3, 0.4) is 0 Å². The summed E-state index contributed by atoms with van der Waals surface area (Å²) in [7, 11) is 1.94. The zero-order valence-corrected chi connectivity index (χ0v) is 17.1. The summed E-state index contributed by atoms with van der Waals surface area (Å²) in [6.45, 7) is 0.459. The maximum absolute atomic E-state index is 13.3. The van der Waals surface area contributed by atoms with Crippen molar-refractivity contribution in [2.75, 3.05) is 6.54 Å². The van der Waals surface area contributed by atoms with E-state index in [0.717, 1.165) is 21.4 Å². The molecule has 7 nitrogen and oxygen atoms in total. The summed E-state index contributed by atoms with van der Waals surface area (Å²) < 4.78 is 15.3. The lowest BCUT2D eigenvalue weighted by Gasteiger charge is -2.13. The Hall–Kier alpha value is -3.68. The third-order valence-electron chi connectivity index (χ3n) is 5.47. The van der Waals surface area contributed by atoms with Gasteiger partial charge in [-0.05, 0) is 35.7 Å². The van der Waals surface area contributed by atoms with Crippen LogP contribution in [0.25, 0.3) is 10.9 Å². The van der Waals surface area contributed by atoms with E-state index < -0.39 is 18.0 Å². The predicted molar refractivity (Wildman–Crippen MR) is 114 cm³/mol. The number of aryl methyl sites for hydroxylation is 1. The average Bonchev–Trinajstić information content (AvgIpc) is 3.21. The molecule has 3 aromatic rings. The van der Waals surface area contributed by atoms with Gasteiger partial charge < -0.3 is 15.2 Å². The first kappa shape index (κ1) is 20.6.